The number of likely N-dealkylation sites (tertiary alicyclic amines) is 1. The molecular weight excluding hydrogens is 358 g/mol. The molecule has 1 aromatic carbocycles. The first kappa shape index (κ1) is 15.6. The summed E-state index contributed by atoms with van der Waals surface area (Å²) in [4.78, 5) is 14.8. The van der Waals surface area contributed by atoms with Crippen LogP contribution in [0, 0.1) is 11.8 Å². The van der Waals surface area contributed by atoms with Crippen molar-refractivity contribution in [3.05, 3.63) is 34.3 Å². The van der Waals surface area contributed by atoms with Gasteiger partial charge in [-0.05, 0) is 42.9 Å². The first-order valence-electron chi connectivity index (χ1n) is 8.50. The van der Waals surface area contributed by atoms with Crippen molar-refractivity contribution in [2.24, 2.45) is 11.8 Å². The summed E-state index contributed by atoms with van der Waals surface area (Å²) in [6.07, 6.45) is 2.93. The molecule has 2 aliphatic heterocycles. The van der Waals surface area contributed by atoms with Crippen LogP contribution in [0.5, 0.6) is 0 Å². The quantitative estimate of drug-likeness (QED) is 0.809. The van der Waals surface area contributed by atoms with E-state index in [9.17, 15) is 4.79 Å². The normalized spacial score (nSPS) is 29.0. The highest BCUT2D eigenvalue weighted by Gasteiger charge is 2.46. The number of halogens is 1. The highest BCUT2D eigenvalue weighted by molar-refractivity contribution is 9.10. The summed E-state index contributed by atoms with van der Waals surface area (Å²) in [6.45, 7) is 3.10. The Labute approximate surface area is 145 Å². The van der Waals surface area contributed by atoms with Crippen LogP contribution in [-0.2, 0) is 14.3 Å². The molecule has 0 aromatic heterocycles. The number of benzene rings is 1. The standard InChI is InChI=1S/C18H22BrNO3/c19-14-3-1-2-13(10-14)15-11-16(15)17(21)20-6-4-12(5-7-20)18-22-8-9-23-18/h1-3,10,12,15-16,18H,4-9,11H2. The van der Waals surface area contributed by atoms with Gasteiger partial charge in [-0.15, -0.1) is 0 Å². The summed E-state index contributed by atoms with van der Waals surface area (Å²) < 4.78 is 12.3. The first-order chi connectivity index (χ1) is 11.2. The Balaban J connectivity index is 1.31. The third-order valence-corrected chi connectivity index (χ3v) is 5.76. The molecule has 4 rings (SSSR count). The molecule has 2 atom stereocenters. The maximum absolute atomic E-state index is 12.7. The summed E-state index contributed by atoms with van der Waals surface area (Å²) in [7, 11) is 0. The molecule has 1 amide bonds. The highest BCUT2D eigenvalue weighted by atomic mass is 79.9. The van der Waals surface area contributed by atoms with Crippen LogP contribution in [-0.4, -0.2) is 43.4 Å². The van der Waals surface area contributed by atoms with Gasteiger partial charge in [0.2, 0.25) is 5.91 Å². The van der Waals surface area contributed by atoms with Gasteiger partial charge in [0.05, 0.1) is 13.2 Å². The van der Waals surface area contributed by atoms with Crippen LogP contribution >= 0.6 is 15.9 Å². The van der Waals surface area contributed by atoms with E-state index in [1.54, 1.807) is 0 Å². The number of ether oxygens (including phenoxy) is 2. The zero-order chi connectivity index (χ0) is 15.8. The molecule has 5 heteroatoms. The van der Waals surface area contributed by atoms with Crippen molar-refractivity contribution in [1.82, 2.24) is 4.90 Å². The monoisotopic (exact) mass is 379 g/mol. The van der Waals surface area contributed by atoms with Crippen molar-refractivity contribution < 1.29 is 14.3 Å². The van der Waals surface area contributed by atoms with Crippen molar-refractivity contribution in [2.75, 3.05) is 26.3 Å². The van der Waals surface area contributed by atoms with Crippen molar-refractivity contribution in [3.63, 3.8) is 0 Å². The van der Waals surface area contributed by atoms with Gasteiger partial charge >= 0.3 is 0 Å². The van der Waals surface area contributed by atoms with Crippen LogP contribution in [0.4, 0.5) is 0 Å². The number of hydrogen-bond acceptors (Lipinski definition) is 3. The maximum Gasteiger partial charge on any atom is 0.226 e. The molecule has 1 saturated carbocycles. The second-order valence-corrected chi connectivity index (χ2v) is 7.69. The van der Waals surface area contributed by atoms with Gasteiger partial charge in [-0.25, -0.2) is 0 Å². The first-order valence-corrected chi connectivity index (χ1v) is 9.29. The van der Waals surface area contributed by atoms with Crippen molar-refractivity contribution in [3.8, 4) is 0 Å². The average molecular weight is 380 g/mol. The van der Waals surface area contributed by atoms with E-state index in [0.29, 0.717) is 31.0 Å². The molecule has 1 aliphatic carbocycles. The molecular formula is C18H22BrNO3. The Morgan fingerprint density at radius 3 is 2.61 bits per heavy atom. The zero-order valence-corrected chi connectivity index (χ0v) is 14.7. The predicted octanol–water partition coefficient (Wildman–Crippen LogP) is 3.16. The summed E-state index contributed by atoms with van der Waals surface area (Å²) >= 11 is 3.51. The van der Waals surface area contributed by atoms with E-state index in [2.05, 4.69) is 28.1 Å². The summed E-state index contributed by atoms with van der Waals surface area (Å²) in [5.41, 5.74) is 1.28. The van der Waals surface area contributed by atoms with Crippen LogP contribution in [0.1, 0.15) is 30.7 Å². The van der Waals surface area contributed by atoms with E-state index in [1.807, 2.05) is 17.0 Å². The number of carbonyl (C=O) groups is 1. The highest BCUT2D eigenvalue weighted by Crippen LogP contribution is 2.49. The summed E-state index contributed by atoms with van der Waals surface area (Å²) in [5.74, 6) is 1.36. The number of piperidine rings is 1. The molecule has 2 heterocycles. The second-order valence-electron chi connectivity index (χ2n) is 6.78. The molecule has 0 radical (unpaired) electrons. The number of carbonyl (C=O) groups excluding carboxylic acids is 1. The predicted molar refractivity (Wildman–Crippen MR) is 90.0 cm³/mol. The Morgan fingerprint density at radius 2 is 1.91 bits per heavy atom. The Morgan fingerprint density at radius 1 is 1.17 bits per heavy atom. The van der Waals surface area contributed by atoms with Gasteiger partial charge in [0.1, 0.15) is 0 Å². The van der Waals surface area contributed by atoms with Gasteiger partial charge in [0, 0.05) is 29.4 Å². The smallest absolute Gasteiger partial charge is 0.226 e. The van der Waals surface area contributed by atoms with Crippen LogP contribution < -0.4 is 0 Å². The fourth-order valence-electron chi connectivity index (χ4n) is 3.85. The lowest BCUT2D eigenvalue weighted by molar-refractivity contribution is -0.138. The van der Waals surface area contributed by atoms with Crippen molar-refractivity contribution in [2.45, 2.75) is 31.5 Å². The van der Waals surface area contributed by atoms with Crippen LogP contribution in [0.25, 0.3) is 0 Å². The van der Waals surface area contributed by atoms with Crippen LogP contribution in [0.15, 0.2) is 28.7 Å². The molecule has 0 N–H and O–H groups in total. The van der Waals surface area contributed by atoms with Crippen LogP contribution in [0.2, 0.25) is 0 Å². The fourth-order valence-corrected chi connectivity index (χ4v) is 4.27. The average Bonchev–Trinajstić information content (AvgIpc) is 3.19. The van der Waals surface area contributed by atoms with Gasteiger partial charge in [-0.2, -0.15) is 0 Å². The topological polar surface area (TPSA) is 38.8 Å². The Kier molecular flexibility index (Phi) is 4.43. The zero-order valence-electron chi connectivity index (χ0n) is 13.1. The minimum absolute atomic E-state index is 0.0393. The van der Waals surface area contributed by atoms with E-state index in [0.717, 1.165) is 36.8 Å². The largest absolute Gasteiger partial charge is 0.350 e. The maximum atomic E-state index is 12.7. The minimum atomic E-state index is -0.0393. The van der Waals surface area contributed by atoms with Gasteiger partial charge in [0.15, 0.2) is 6.29 Å². The summed E-state index contributed by atoms with van der Waals surface area (Å²) in [5, 5.41) is 0. The molecule has 3 fully saturated rings. The van der Waals surface area contributed by atoms with E-state index in [4.69, 9.17) is 9.47 Å². The van der Waals surface area contributed by atoms with Gasteiger partial charge < -0.3 is 14.4 Å². The SMILES string of the molecule is O=C(C1CC1c1cccc(Br)c1)N1CCC(C2OCCO2)CC1. The van der Waals surface area contributed by atoms with Gasteiger partial charge in [-0.1, -0.05) is 28.1 Å². The van der Waals surface area contributed by atoms with Gasteiger partial charge in [0.25, 0.3) is 0 Å². The van der Waals surface area contributed by atoms with E-state index in [1.165, 1.54) is 5.56 Å². The van der Waals surface area contributed by atoms with Gasteiger partial charge in [-0.3, -0.25) is 4.79 Å². The molecule has 0 spiro atoms. The van der Waals surface area contributed by atoms with Crippen molar-refractivity contribution >= 4 is 21.8 Å². The molecule has 3 aliphatic rings. The fraction of sp³-hybridized carbons (Fsp3) is 0.611. The Bertz CT molecular complexity index is 579. The number of hydrogen-bond donors (Lipinski definition) is 0. The molecule has 4 nitrogen and oxygen atoms in total. The lowest BCUT2D eigenvalue weighted by Gasteiger charge is -2.34. The number of amides is 1. The number of rotatable bonds is 3. The molecule has 124 valence electrons. The molecule has 23 heavy (non-hydrogen) atoms. The lowest BCUT2D eigenvalue weighted by Crippen LogP contribution is -2.42. The summed E-state index contributed by atoms with van der Waals surface area (Å²) in [6, 6.07) is 8.34. The molecule has 2 unspecified atom stereocenters. The minimum Gasteiger partial charge on any atom is -0.350 e. The molecule has 2 saturated heterocycles. The second kappa shape index (κ2) is 6.54. The third kappa shape index (κ3) is 3.32. The molecule has 1 aromatic rings. The van der Waals surface area contributed by atoms with E-state index >= 15 is 0 Å². The van der Waals surface area contributed by atoms with Crippen LogP contribution in [0.3, 0.4) is 0 Å². The van der Waals surface area contributed by atoms with Crippen molar-refractivity contribution in [1.29, 1.82) is 0 Å². The third-order valence-electron chi connectivity index (χ3n) is 5.27. The lowest BCUT2D eigenvalue weighted by atomic mass is 9.95. The van der Waals surface area contributed by atoms with E-state index in [-0.39, 0.29) is 12.2 Å². The Hall–Kier alpha value is -0.910. The number of nitrogens with zero attached hydrogens (tertiary/aromatic N) is 1. The van der Waals surface area contributed by atoms with E-state index < -0.39 is 0 Å². The molecule has 0 bridgehead atoms.